The van der Waals surface area contributed by atoms with Crippen molar-refractivity contribution in [1.82, 2.24) is 0 Å². The highest BCUT2D eigenvalue weighted by molar-refractivity contribution is 9.10. The predicted molar refractivity (Wildman–Crippen MR) is 172 cm³/mol. The zero-order chi connectivity index (χ0) is 30.3. The second-order valence-electron chi connectivity index (χ2n) is 12.1. The van der Waals surface area contributed by atoms with Gasteiger partial charge in [0.25, 0.3) is 8.32 Å². The van der Waals surface area contributed by atoms with Crippen LogP contribution in [0.15, 0.2) is 91.0 Å². The minimum atomic E-state index is -2.77. The van der Waals surface area contributed by atoms with Crippen LogP contribution in [-0.2, 0) is 25.3 Å². The fourth-order valence-corrected chi connectivity index (χ4v) is 11.0. The van der Waals surface area contributed by atoms with Crippen molar-refractivity contribution in [2.45, 2.75) is 69.7 Å². The Hall–Kier alpha value is -2.29. The third-order valence-electron chi connectivity index (χ3n) is 7.98. The largest absolute Gasteiger partial charge is 0.468 e. The molecule has 222 valence electrons. The first-order chi connectivity index (χ1) is 19.4. The number of carbonyl (C=O) groups is 1. The van der Waals surface area contributed by atoms with Crippen LogP contribution in [0.2, 0.25) is 5.04 Å². The summed E-state index contributed by atoms with van der Waals surface area (Å²) in [5.74, 6) is -1.05. The molecule has 0 saturated heterocycles. The van der Waals surface area contributed by atoms with Crippen LogP contribution in [-0.4, -0.2) is 49.6 Å². The molecular formula is C34H45BrO5Si. The van der Waals surface area contributed by atoms with Crippen LogP contribution in [0.5, 0.6) is 0 Å². The van der Waals surface area contributed by atoms with Crippen LogP contribution in [0, 0.1) is 11.8 Å². The van der Waals surface area contributed by atoms with Gasteiger partial charge in [-0.15, -0.1) is 0 Å². The smallest absolute Gasteiger partial charge is 0.325 e. The van der Waals surface area contributed by atoms with E-state index in [0.717, 1.165) is 5.56 Å². The van der Waals surface area contributed by atoms with Crippen molar-refractivity contribution >= 4 is 40.6 Å². The SMILES string of the molecule is COC(=O)C(C)(Br)[C@@H](O)[C@@H](C)[C@H](OCc1ccccc1)[C@@H](C)CO[Si](c1ccccc1)(c1ccccc1)C(C)(C)C. The molecule has 0 heterocycles. The lowest BCUT2D eigenvalue weighted by Gasteiger charge is -2.44. The number of ether oxygens (including phenoxy) is 2. The van der Waals surface area contributed by atoms with Crippen LogP contribution >= 0.6 is 15.9 Å². The fourth-order valence-electron chi connectivity index (χ4n) is 5.71. The fraction of sp³-hybridized carbons (Fsp3) is 0.441. The van der Waals surface area contributed by atoms with E-state index in [0.29, 0.717) is 13.2 Å². The Kier molecular flexibility index (Phi) is 11.5. The molecule has 0 radical (unpaired) electrons. The van der Waals surface area contributed by atoms with E-state index in [1.165, 1.54) is 17.5 Å². The minimum absolute atomic E-state index is 0.106. The summed E-state index contributed by atoms with van der Waals surface area (Å²) in [4.78, 5) is 12.5. The number of aliphatic hydroxyl groups excluding tert-OH is 1. The molecule has 0 aliphatic heterocycles. The predicted octanol–water partition coefficient (Wildman–Crippen LogP) is 6.11. The number of alkyl halides is 1. The van der Waals surface area contributed by atoms with Crippen molar-refractivity contribution in [2.24, 2.45) is 11.8 Å². The molecule has 1 unspecified atom stereocenters. The molecule has 0 amide bonds. The van der Waals surface area contributed by atoms with Gasteiger partial charge in [-0.2, -0.15) is 0 Å². The Bertz CT molecular complexity index is 1170. The number of halogens is 1. The number of benzene rings is 3. The average molecular weight is 642 g/mol. The van der Waals surface area contributed by atoms with Crippen LogP contribution in [0.3, 0.4) is 0 Å². The van der Waals surface area contributed by atoms with Crippen LogP contribution in [0.1, 0.15) is 47.1 Å². The maximum absolute atomic E-state index is 12.5. The molecule has 5 atom stereocenters. The number of carbonyl (C=O) groups excluding carboxylic acids is 1. The average Bonchev–Trinajstić information content (AvgIpc) is 2.97. The molecule has 5 nitrogen and oxygen atoms in total. The van der Waals surface area contributed by atoms with Gasteiger partial charge in [0.15, 0.2) is 0 Å². The van der Waals surface area contributed by atoms with E-state index in [-0.39, 0.29) is 11.0 Å². The highest BCUT2D eigenvalue weighted by Crippen LogP contribution is 2.38. The number of aliphatic hydroxyl groups is 1. The first-order valence-corrected chi connectivity index (χ1v) is 16.9. The second-order valence-corrected chi connectivity index (χ2v) is 18.0. The molecule has 0 spiro atoms. The molecule has 0 bridgehead atoms. The standard InChI is InChI=1S/C34H45BrO5Si/c1-25(23-40-41(33(3,4)5,28-19-13-9-14-20-28)29-21-15-10-16-22-29)30(39-24-27-17-11-8-12-18-27)26(2)31(36)34(6,35)32(37)38-7/h8-22,25-26,30-31,36H,23-24H2,1-7H3/t25-,26-,30+,31-,34?/m0/s1. The molecule has 0 aromatic heterocycles. The molecule has 7 heteroatoms. The lowest BCUT2D eigenvalue weighted by atomic mass is 9.84. The van der Waals surface area contributed by atoms with Gasteiger partial charge in [-0.25, -0.2) is 0 Å². The third-order valence-corrected chi connectivity index (χ3v) is 13.8. The van der Waals surface area contributed by atoms with E-state index < -0.39 is 36.7 Å². The topological polar surface area (TPSA) is 65.0 Å². The van der Waals surface area contributed by atoms with Gasteiger partial charge in [0.2, 0.25) is 0 Å². The molecule has 3 aromatic carbocycles. The number of esters is 1. The Morgan fingerprint density at radius 3 is 1.76 bits per heavy atom. The summed E-state index contributed by atoms with van der Waals surface area (Å²) < 4.78 is 17.5. The first-order valence-electron chi connectivity index (χ1n) is 14.2. The van der Waals surface area contributed by atoms with Gasteiger partial charge in [0.1, 0.15) is 4.32 Å². The molecular weight excluding hydrogens is 596 g/mol. The highest BCUT2D eigenvalue weighted by atomic mass is 79.9. The summed E-state index contributed by atoms with van der Waals surface area (Å²) in [5.41, 5.74) is 1.04. The summed E-state index contributed by atoms with van der Waals surface area (Å²) in [6, 6.07) is 31.1. The van der Waals surface area contributed by atoms with Crippen molar-refractivity contribution in [3.8, 4) is 0 Å². The molecule has 3 rings (SSSR count). The van der Waals surface area contributed by atoms with Crippen LogP contribution < -0.4 is 10.4 Å². The number of rotatable bonds is 13. The van der Waals surface area contributed by atoms with E-state index in [9.17, 15) is 9.90 Å². The van der Waals surface area contributed by atoms with Gasteiger partial charge in [-0.1, -0.05) is 142 Å². The van der Waals surface area contributed by atoms with Gasteiger partial charge in [0.05, 0.1) is 25.9 Å². The maximum Gasteiger partial charge on any atom is 0.325 e. The van der Waals surface area contributed by atoms with Crippen molar-refractivity contribution in [2.75, 3.05) is 13.7 Å². The zero-order valence-corrected chi connectivity index (χ0v) is 27.9. The quantitative estimate of drug-likeness (QED) is 0.139. The van der Waals surface area contributed by atoms with Gasteiger partial charge in [-0.05, 0) is 27.9 Å². The van der Waals surface area contributed by atoms with E-state index in [1.54, 1.807) is 6.92 Å². The zero-order valence-electron chi connectivity index (χ0n) is 25.3. The van der Waals surface area contributed by atoms with E-state index in [2.05, 4.69) is 92.2 Å². The third kappa shape index (κ3) is 7.57. The second kappa shape index (κ2) is 14.3. The summed E-state index contributed by atoms with van der Waals surface area (Å²) in [5, 5.41) is 13.7. The van der Waals surface area contributed by atoms with E-state index >= 15 is 0 Å². The van der Waals surface area contributed by atoms with Crippen LogP contribution in [0.4, 0.5) is 0 Å². The highest BCUT2D eigenvalue weighted by Gasteiger charge is 2.51. The molecule has 1 N–H and O–H groups in total. The summed E-state index contributed by atoms with van der Waals surface area (Å²) in [6.45, 7) is 13.2. The maximum atomic E-state index is 12.5. The Balaban J connectivity index is 1.98. The molecule has 3 aromatic rings. The molecule has 0 aliphatic rings. The summed E-state index contributed by atoms with van der Waals surface area (Å²) in [6.07, 6.45) is -1.48. The summed E-state index contributed by atoms with van der Waals surface area (Å²) >= 11 is 3.44. The summed E-state index contributed by atoms with van der Waals surface area (Å²) in [7, 11) is -1.45. The lowest BCUT2D eigenvalue weighted by Crippen LogP contribution is -2.67. The van der Waals surface area contributed by atoms with E-state index in [1.807, 2.05) is 49.4 Å². The first kappa shape index (κ1) is 33.2. The molecule has 0 saturated carbocycles. The van der Waals surface area contributed by atoms with Crippen LogP contribution in [0.25, 0.3) is 0 Å². The van der Waals surface area contributed by atoms with Gasteiger partial charge < -0.3 is 19.0 Å². The van der Waals surface area contributed by atoms with Crippen molar-refractivity contribution in [1.29, 1.82) is 0 Å². The van der Waals surface area contributed by atoms with Gasteiger partial charge >= 0.3 is 5.97 Å². The Labute approximate surface area is 255 Å². The number of hydrogen-bond donors (Lipinski definition) is 1. The van der Waals surface area contributed by atoms with Crippen molar-refractivity contribution in [3.05, 3.63) is 96.6 Å². The number of hydrogen-bond acceptors (Lipinski definition) is 5. The van der Waals surface area contributed by atoms with E-state index in [4.69, 9.17) is 13.9 Å². The molecule has 0 fully saturated rings. The minimum Gasteiger partial charge on any atom is -0.468 e. The number of methoxy groups -OCH3 is 1. The van der Waals surface area contributed by atoms with Crippen molar-refractivity contribution in [3.63, 3.8) is 0 Å². The van der Waals surface area contributed by atoms with Crippen molar-refractivity contribution < 1.29 is 23.8 Å². The lowest BCUT2D eigenvalue weighted by molar-refractivity contribution is -0.149. The molecule has 41 heavy (non-hydrogen) atoms. The normalized spacial score (nSPS) is 16.7. The van der Waals surface area contributed by atoms with Gasteiger partial charge in [-0.3, -0.25) is 4.79 Å². The van der Waals surface area contributed by atoms with Gasteiger partial charge in [0, 0.05) is 18.4 Å². The molecule has 0 aliphatic carbocycles. The monoisotopic (exact) mass is 640 g/mol. The Morgan fingerprint density at radius 1 is 0.854 bits per heavy atom. The Morgan fingerprint density at radius 2 is 1.32 bits per heavy atom.